The molecule has 0 heterocycles. The zero-order valence-electron chi connectivity index (χ0n) is 3.22. The maximum Gasteiger partial charge on any atom is 0.210 e. The Hall–Kier alpha value is 1.18. The molecule has 0 amide bonds. The molecule has 1 saturated carbocycles. The van der Waals surface area contributed by atoms with Gasteiger partial charge in [0.2, 0.25) is 5.13 Å². The minimum absolute atomic E-state index is 0.335. The van der Waals surface area contributed by atoms with Crippen molar-refractivity contribution in [2.75, 3.05) is 0 Å². The van der Waals surface area contributed by atoms with E-state index in [4.69, 9.17) is 11.6 Å². The lowest BCUT2D eigenvalue weighted by atomic mass is 10.9. The van der Waals surface area contributed by atoms with Gasteiger partial charge in [-0.05, 0) is 0 Å². The van der Waals surface area contributed by atoms with Crippen LogP contribution in [0, 0.1) is 0 Å². The van der Waals surface area contributed by atoms with E-state index in [0.717, 1.165) is 0 Å². The topological polar surface area (TPSA) is 0 Å². The molecule has 1 aliphatic carbocycles. The molecule has 0 aromatic rings. The highest BCUT2D eigenvalue weighted by Gasteiger charge is 2.66. The lowest BCUT2D eigenvalue weighted by Gasteiger charge is -1.93. The van der Waals surface area contributed by atoms with Crippen molar-refractivity contribution in [1.82, 2.24) is 0 Å². The van der Waals surface area contributed by atoms with Gasteiger partial charge >= 0.3 is 0 Å². The molecule has 7 heavy (non-hydrogen) atoms. The van der Waals surface area contributed by atoms with Crippen molar-refractivity contribution < 1.29 is 4.39 Å². The van der Waals surface area contributed by atoms with Gasteiger partial charge in [-0.15, -0.1) is 0 Å². The first kappa shape index (κ1) is 6.30. The van der Waals surface area contributed by atoms with E-state index in [0.29, 0.717) is 6.42 Å². The number of alkyl halides is 4. The molecule has 42 valence electrons. The molecule has 0 aromatic carbocycles. The SMILES string of the molecule is FC1(Cl)CC1(Br)Br. The zero-order chi connectivity index (χ0) is 5.71. The second-order valence-corrected chi connectivity index (χ2v) is 5.96. The lowest BCUT2D eigenvalue weighted by molar-refractivity contribution is 0.428. The molecule has 0 spiro atoms. The van der Waals surface area contributed by atoms with Crippen LogP contribution in [0.4, 0.5) is 4.39 Å². The molecule has 0 aliphatic heterocycles. The van der Waals surface area contributed by atoms with Gasteiger partial charge in [-0.1, -0.05) is 43.5 Å². The van der Waals surface area contributed by atoms with Gasteiger partial charge in [0.15, 0.2) is 0 Å². The van der Waals surface area contributed by atoms with E-state index in [-0.39, 0.29) is 0 Å². The number of hydrogen-bond donors (Lipinski definition) is 0. The first-order chi connectivity index (χ1) is 2.96. The highest BCUT2D eigenvalue weighted by molar-refractivity contribution is 9.25. The lowest BCUT2D eigenvalue weighted by Crippen LogP contribution is -1.96. The van der Waals surface area contributed by atoms with Crippen molar-refractivity contribution in [1.29, 1.82) is 0 Å². The Bertz CT molecular complexity index is 89.1. The van der Waals surface area contributed by atoms with Gasteiger partial charge in [0.25, 0.3) is 0 Å². The molecule has 1 atom stereocenters. The fourth-order valence-electron chi connectivity index (χ4n) is 0.235. The van der Waals surface area contributed by atoms with Crippen LogP contribution in [0.1, 0.15) is 6.42 Å². The molecule has 4 heteroatoms. The Morgan fingerprint density at radius 2 is 1.71 bits per heavy atom. The van der Waals surface area contributed by atoms with Gasteiger partial charge < -0.3 is 0 Å². The molecule has 0 N–H and O–H groups in total. The van der Waals surface area contributed by atoms with Crippen LogP contribution in [0.5, 0.6) is 0 Å². The summed E-state index contributed by atoms with van der Waals surface area (Å²) in [6, 6.07) is 0. The van der Waals surface area contributed by atoms with E-state index in [1.54, 1.807) is 0 Å². The monoisotopic (exact) mass is 250 g/mol. The Labute approximate surface area is 62.7 Å². The van der Waals surface area contributed by atoms with Crippen LogP contribution in [0.15, 0.2) is 0 Å². The summed E-state index contributed by atoms with van der Waals surface area (Å²) in [5, 5.41) is -1.55. The summed E-state index contributed by atoms with van der Waals surface area (Å²) in [5.41, 5.74) is 0. The van der Waals surface area contributed by atoms with Crippen LogP contribution in [0.25, 0.3) is 0 Å². The van der Waals surface area contributed by atoms with E-state index in [2.05, 4.69) is 31.9 Å². The molecule has 1 rings (SSSR count). The summed E-state index contributed by atoms with van der Waals surface area (Å²) in [5.74, 6) is 0. The Kier molecular flexibility index (Phi) is 1.23. The summed E-state index contributed by atoms with van der Waals surface area (Å²) in [4.78, 5) is 0. The minimum Gasteiger partial charge on any atom is -0.224 e. The second-order valence-electron chi connectivity index (χ2n) is 1.59. The fraction of sp³-hybridized carbons (Fsp3) is 1.00. The molecule has 0 nitrogen and oxygen atoms in total. The molecule has 1 aliphatic rings. The maximum atomic E-state index is 12.2. The molecule has 0 aromatic heterocycles. The predicted molar refractivity (Wildman–Crippen MR) is 34.9 cm³/mol. The third-order valence-corrected chi connectivity index (χ3v) is 3.58. The van der Waals surface area contributed by atoms with Crippen molar-refractivity contribution >= 4 is 43.5 Å². The van der Waals surface area contributed by atoms with Crippen molar-refractivity contribution in [2.24, 2.45) is 0 Å². The van der Waals surface area contributed by atoms with E-state index in [1.165, 1.54) is 0 Å². The van der Waals surface area contributed by atoms with Crippen molar-refractivity contribution in [2.45, 2.75) is 14.8 Å². The molecule has 0 saturated heterocycles. The van der Waals surface area contributed by atoms with Crippen LogP contribution < -0.4 is 0 Å². The van der Waals surface area contributed by atoms with E-state index in [1.807, 2.05) is 0 Å². The fourth-order valence-corrected chi connectivity index (χ4v) is 1.53. The minimum atomic E-state index is -1.55. The standard InChI is InChI=1S/C3H2Br2ClF/c4-2(5)1-3(2,6)7/h1H2. The molecule has 1 fully saturated rings. The van der Waals surface area contributed by atoms with Gasteiger partial charge in [0, 0.05) is 6.42 Å². The Morgan fingerprint density at radius 3 is 1.71 bits per heavy atom. The number of rotatable bonds is 0. The van der Waals surface area contributed by atoms with Crippen molar-refractivity contribution in [3.8, 4) is 0 Å². The molecular formula is C3H2Br2ClF. The predicted octanol–water partition coefficient (Wildman–Crippen LogP) is 2.78. The molecular weight excluding hydrogens is 250 g/mol. The second kappa shape index (κ2) is 1.36. The van der Waals surface area contributed by atoms with E-state index < -0.39 is 8.36 Å². The average molecular weight is 252 g/mol. The smallest absolute Gasteiger partial charge is 0.210 e. The van der Waals surface area contributed by atoms with E-state index in [9.17, 15) is 4.39 Å². The Morgan fingerprint density at radius 1 is 1.57 bits per heavy atom. The van der Waals surface area contributed by atoms with Gasteiger partial charge in [0.05, 0.1) is 0 Å². The summed E-state index contributed by atoms with van der Waals surface area (Å²) in [7, 11) is 0. The van der Waals surface area contributed by atoms with Crippen LogP contribution in [-0.2, 0) is 0 Å². The van der Waals surface area contributed by atoms with Gasteiger partial charge in [-0.25, -0.2) is 4.39 Å². The molecule has 0 radical (unpaired) electrons. The number of halogens is 4. The molecule has 1 unspecified atom stereocenters. The number of hydrogen-bond acceptors (Lipinski definition) is 0. The van der Waals surface area contributed by atoms with Crippen LogP contribution >= 0.6 is 43.5 Å². The van der Waals surface area contributed by atoms with Crippen LogP contribution in [0.2, 0.25) is 0 Å². The van der Waals surface area contributed by atoms with Crippen molar-refractivity contribution in [3.63, 3.8) is 0 Å². The Balaban J connectivity index is 2.59. The van der Waals surface area contributed by atoms with Crippen LogP contribution in [-0.4, -0.2) is 8.36 Å². The summed E-state index contributed by atoms with van der Waals surface area (Å²) in [6.45, 7) is 0. The average Bonchev–Trinajstić information content (AvgIpc) is 1.63. The summed E-state index contributed by atoms with van der Waals surface area (Å²) < 4.78 is 11.6. The maximum absolute atomic E-state index is 12.2. The quantitative estimate of drug-likeness (QED) is 0.582. The largest absolute Gasteiger partial charge is 0.224 e. The summed E-state index contributed by atoms with van der Waals surface area (Å²) >= 11 is 11.2. The third kappa shape index (κ3) is 0.958. The van der Waals surface area contributed by atoms with Gasteiger partial charge in [0.1, 0.15) is 3.23 Å². The van der Waals surface area contributed by atoms with Crippen molar-refractivity contribution in [3.05, 3.63) is 0 Å². The van der Waals surface area contributed by atoms with Crippen LogP contribution in [0.3, 0.4) is 0 Å². The first-order valence-electron chi connectivity index (χ1n) is 1.71. The van der Waals surface area contributed by atoms with Gasteiger partial charge in [-0.3, -0.25) is 0 Å². The highest BCUT2D eigenvalue weighted by Crippen LogP contribution is 2.64. The first-order valence-corrected chi connectivity index (χ1v) is 3.68. The summed E-state index contributed by atoms with van der Waals surface area (Å²) in [6.07, 6.45) is 0.335. The molecule has 0 bridgehead atoms. The zero-order valence-corrected chi connectivity index (χ0v) is 7.15. The third-order valence-electron chi connectivity index (χ3n) is 0.854. The highest BCUT2D eigenvalue weighted by atomic mass is 79.9. The normalized spacial score (nSPS) is 46.3. The van der Waals surface area contributed by atoms with E-state index >= 15 is 0 Å². The van der Waals surface area contributed by atoms with Gasteiger partial charge in [-0.2, -0.15) is 0 Å².